The lowest BCUT2D eigenvalue weighted by atomic mass is 9.97. The number of nitrogens with zero attached hydrogens (tertiary/aromatic N) is 2. The van der Waals surface area contributed by atoms with Gasteiger partial charge in [-0.05, 0) is 43.4 Å². The Balaban J connectivity index is 1.16. The number of rotatable bonds is 5. The molecule has 1 aliphatic rings. The van der Waals surface area contributed by atoms with Gasteiger partial charge in [-0.2, -0.15) is 4.98 Å². The minimum atomic E-state index is -0.883. The van der Waals surface area contributed by atoms with Gasteiger partial charge in [-0.3, -0.25) is 9.59 Å². The Morgan fingerprint density at radius 3 is 2.58 bits per heavy atom. The zero-order valence-electron chi connectivity index (χ0n) is 18.4. The largest absolute Gasteiger partial charge is 0.452 e. The standard InChI is InChI=1S/C26H25N3O4/c1-17(24(30)27-21-11-6-8-18-7-2-3-9-20(18)21)32-25(31)19-13-15-29(16-14-19)26-28-22-10-4-5-12-23(22)33-26/h2-12,17,19H,13-16H2,1H3,(H,27,30). The van der Waals surface area contributed by atoms with Crippen LogP contribution in [0.15, 0.2) is 71.1 Å². The van der Waals surface area contributed by atoms with Gasteiger partial charge in [0.2, 0.25) is 0 Å². The molecular formula is C26H25N3O4. The van der Waals surface area contributed by atoms with Crippen molar-refractivity contribution in [3.8, 4) is 0 Å². The second kappa shape index (κ2) is 8.94. The van der Waals surface area contributed by atoms with Crippen molar-refractivity contribution in [3.05, 3.63) is 66.7 Å². The Labute approximate surface area is 191 Å². The Kier molecular flexibility index (Phi) is 5.69. The summed E-state index contributed by atoms with van der Waals surface area (Å²) in [5.41, 5.74) is 2.27. The molecule has 168 valence electrons. The summed E-state index contributed by atoms with van der Waals surface area (Å²) in [6.45, 7) is 2.89. The fourth-order valence-corrected chi connectivity index (χ4v) is 4.19. The number of fused-ring (bicyclic) bond motifs is 2. The number of carbonyl (C=O) groups is 2. The molecule has 3 aromatic carbocycles. The maximum atomic E-state index is 12.7. The first-order valence-electron chi connectivity index (χ1n) is 11.2. The zero-order chi connectivity index (χ0) is 22.8. The number of amides is 1. The molecule has 1 amide bonds. The number of anilines is 2. The van der Waals surface area contributed by atoms with E-state index in [9.17, 15) is 9.59 Å². The number of ether oxygens (including phenoxy) is 1. The van der Waals surface area contributed by atoms with Gasteiger partial charge in [-0.15, -0.1) is 0 Å². The van der Waals surface area contributed by atoms with Crippen molar-refractivity contribution < 1.29 is 18.7 Å². The van der Waals surface area contributed by atoms with Crippen LogP contribution in [0.25, 0.3) is 21.9 Å². The molecule has 1 aliphatic heterocycles. The molecule has 1 aromatic heterocycles. The maximum Gasteiger partial charge on any atom is 0.309 e. The number of carbonyl (C=O) groups excluding carboxylic acids is 2. The third-order valence-electron chi connectivity index (χ3n) is 6.09. The highest BCUT2D eigenvalue weighted by Gasteiger charge is 2.30. The maximum absolute atomic E-state index is 12.7. The molecule has 1 atom stereocenters. The lowest BCUT2D eigenvalue weighted by Gasteiger charge is -2.30. The van der Waals surface area contributed by atoms with Gasteiger partial charge < -0.3 is 19.4 Å². The second-order valence-electron chi connectivity index (χ2n) is 8.32. The molecule has 33 heavy (non-hydrogen) atoms. The third-order valence-corrected chi connectivity index (χ3v) is 6.09. The predicted octanol–water partition coefficient (Wildman–Crippen LogP) is 4.77. The molecule has 2 heterocycles. The number of piperidine rings is 1. The van der Waals surface area contributed by atoms with E-state index in [1.165, 1.54) is 0 Å². The SMILES string of the molecule is CC(OC(=O)C1CCN(c2nc3ccccc3o2)CC1)C(=O)Nc1cccc2ccccc12. The summed E-state index contributed by atoms with van der Waals surface area (Å²) in [5.74, 6) is -0.935. The molecule has 0 aliphatic carbocycles. The summed E-state index contributed by atoms with van der Waals surface area (Å²) in [7, 11) is 0. The minimum absolute atomic E-state index is 0.251. The van der Waals surface area contributed by atoms with Crippen molar-refractivity contribution in [3.63, 3.8) is 0 Å². The van der Waals surface area contributed by atoms with E-state index in [1.807, 2.05) is 71.6 Å². The Morgan fingerprint density at radius 2 is 1.76 bits per heavy atom. The number of hydrogen-bond donors (Lipinski definition) is 1. The molecule has 1 unspecified atom stereocenters. The highest BCUT2D eigenvalue weighted by atomic mass is 16.5. The normalized spacial score (nSPS) is 15.5. The van der Waals surface area contributed by atoms with Crippen molar-refractivity contribution in [1.29, 1.82) is 0 Å². The molecule has 0 saturated carbocycles. The van der Waals surface area contributed by atoms with E-state index in [2.05, 4.69) is 10.3 Å². The Morgan fingerprint density at radius 1 is 1.03 bits per heavy atom. The first-order valence-corrected chi connectivity index (χ1v) is 11.2. The molecule has 1 N–H and O–H groups in total. The molecule has 5 rings (SSSR count). The monoisotopic (exact) mass is 443 g/mol. The van der Waals surface area contributed by atoms with Gasteiger partial charge in [0, 0.05) is 24.2 Å². The first-order chi connectivity index (χ1) is 16.1. The fraction of sp³-hybridized carbons (Fsp3) is 0.269. The summed E-state index contributed by atoms with van der Waals surface area (Å²) in [4.78, 5) is 32.0. The van der Waals surface area contributed by atoms with Gasteiger partial charge in [-0.1, -0.05) is 48.5 Å². The summed E-state index contributed by atoms with van der Waals surface area (Å²) in [6.07, 6.45) is 0.358. The molecule has 1 fully saturated rings. The second-order valence-corrected chi connectivity index (χ2v) is 8.32. The van der Waals surface area contributed by atoms with Gasteiger partial charge in [0.15, 0.2) is 11.7 Å². The molecule has 4 aromatic rings. The summed E-state index contributed by atoms with van der Waals surface area (Å²) in [5, 5.41) is 4.87. The number of benzene rings is 3. The average molecular weight is 444 g/mol. The van der Waals surface area contributed by atoms with Crippen LogP contribution in [0.4, 0.5) is 11.7 Å². The highest BCUT2D eigenvalue weighted by molar-refractivity contribution is 6.03. The first kappa shape index (κ1) is 21.0. The van der Waals surface area contributed by atoms with Gasteiger partial charge >= 0.3 is 5.97 Å². The van der Waals surface area contributed by atoms with E-state index in [1.54, 1.807) is 6.92 Å². The van der Waals surface area contributed by atoms with Crippen LogP contribution in [0, 0.1) is 5.92 Å². The lowest BCUT2D eigenvalue weighted by Crippen LogP contribution is -2.39. The molecule has 1 saturated heterocycles. The quantitative estimate of drug-likeness (QED) is 0.448. The van der Waals surface area contributed by atoms with Crippen LogP contribution < -0.4 is 10.2 Å². The number of oxazole rings is 1. The number of aromatic nitrogens is 1. The van der Waals surface area contributed by atoms with Crippen molar-refractivity contribution in [2.45, 2.75) is 25.9 Å². The van der Waals surface area contributed by atoms with Crippen molar-refractivity contribution in [1.82, 2.24) is 4.98 Å². The lowest BCUT2D eigenvalue weighted by molar-refractivity contribution is -0.158. The summed E-state index contributed by atoms with van der Waals surface area (Å²) >= 11 is 0. The van der Waals surface area contributed by atoms with Crippen LogP contribution in [0.2, 0.25) is 0 Å². The van der Waals surface area contributed by atoms with Crippen LogP contribution in [-0.4, -0.2) is 36.1 Å². The zero-order valence-corrected chi connectivity index (χ0v) is 18.4. The van der Waals surface area contributed by atoms with E-state index in [4.69, 9.17) is 9.15 Å². The van der Waals surface area contributed by atoms with E-state index in [0.29, 0.717) is 37.6 Å². The van der Waals surface area contributed by atoms with E-state index in [0.717, 1.165) is 21.9 Å². The van der Waals surface area contributed by atoms with Crippen LogP contribution >= 0.6 is 0 Å². The average Bonchev–Trinajstić information content (AvgIpc) is 3.29. The van der Waals surface area contributed by atoms with Crippen molar-refractivity contribution in [2.75, 3.05) is 23.3 Å². The van der Waals surface area contributed by atoms with Gasteiger partial charge in [0.1, 0.15) is 5.52 Å². The number of nitrogens with one attached hydrogen (secondary N) is 1. The smallest absolute Gasteiger partial charge is 0.309 e. The van der Waals surface area contributed by atoms with Gasteiger partial charge in [0.05, 0.1) is 5.92 Å². The van der Waals surface area contributed by atoms with Crippen LogP contribution in [0.1, 0.15) is 19.8 Å². The molecule has 0 radical (unpaired) electrons. The number of hydrogen-bond acceptors (Lipinski definition) is 6. The van der Waals surface area contributed by atoms with E-state index < -0.39 is 6.10 Å². The minimum Gasteiger partial charge on any atom is -0.452 e. The van der Waals surface area contributed by atoms with E-state index >= 15 is 0 Å². The summed E-state index contributed by atoms with van der Waals surface area (Å²) in [6, 6.07) is 21.8. The van der Waals surface area contributed by atoms with Crippen LogP contribution in [0.5, 0.6) is 0 Å². The molecule has 7 heteroatoms. The van der Waals surface area contributed by atoms with Crippen LogP contribution in [-0.2, 0) is 14.3 Å². The number of para-hydroxylation sites is 2. The van der Waals surface area contributed by atoms with Gasteiger partial charge in [-0.25, -0.2) is 0 Å². The van der Waals surface area contributed by atoms with Crippen molar-refractivity contribution in [2.24, 2.45) is 5.92 Å². The van der Waals surface area contributed by atoms with Gasteiger partial charge in [0.25, 0.3) is 11.9 Å². The predicted molar refractivity (Wildman–Crippen MR) is 127 cm³/mol. The fourth-order valence-electron chi connectivity index (χ4n) is 4.19. The number of esters is 1. The van der Waals surface area contributed by atoms with Crippen molar-refractivity contribution >= 4 is 45.5 Å². The Bertz CT molecular complexity index is 1270. The van der Waals surface area contributed by atoms with Crippen LogP contribution in [0.3, 0.4) is 0 Å². The molecule has 7 nitrogen and oxygen atoms in total. The topological polar surface area (TPSA) is 84.7 Å². The summed E-state index contributed by atoms with van der Waals surface area (Å²) < 4.78 is 11.3. The Hall–Kier alpha value is -3.87. The van der Waals surface area contributed by atoms with E-state index in [-0.39, 0.29) is 17.8 Å². The highest BCUT2D eigenvalue weighted by Crippen LogP contribution is 2.27. The molecule has 0 spiro atoms. The molecule has 0 bridgehead atoms. The molecular weight excluding hydrogens is 418 g/mol. The third kappa shape index (κ3) is 4.39.